The second kappa shape index (κ2) is 7.86. The lowest BCUT2D eigenvalue weighted by Crippen LogP contribution is -2.12. The smallest absolute Gasteiger partial charge is 0.337 e. The SMILES string of the molecule is COC(=O)c1ccc(NC(=O)CCCn2cc([N+](=O)[O-])cn2)cc1. The number of anilines is 1. The van der Waals surface area contributed by atoms with E-state index in [1.165, 1.54) is 24.2 Å². The van der Waals surface area contributed by atoms with E-state index in [4.69, 9.17) is 0 Å². The predicted octanol–water partition coefficient (Wildman–Crippen LogP) is 2.00. The van der Waals surface area contributed by atoms with Gasteiger partial charge in [-0.2, -0.15) is 5.10 Å². The van der Waals surface area contributed by atoms with Crippen molar-refractivity contribution in [2.45, 2.75) is 19.4 Å². The lowest BCUT2D eigenvalue weighted by molar-refractivity contribution is -0.385. The Morgan fingerprint density at radius 2 is 2.04 bits per heavy atom. The lowest BCUT2D eigenvalue weighted by atomic mass is 10.2. The molecule has 9 heteroatoms. The number of aryl methyl sites for hydroxylation is 1. The predicted molar refractivity (Wildman–Crippen MR) is 84.5 cm³/mol. The van der Waals surface area contributed by atoms with Crippen LogP contribution in [0.3, 0.4) is 0 Å². The maximum Gasteiger partial charge on any atom is 0.337 e. The van der Waals surface area contributed by atoms with Gasteiger partial charge >= 0.3 is 11.7 Å². The van der Waals surface area contributed by atoms with Crippen LogP contribution in [0.2, 0.25) is 0 Å². The van der Waals surface area contributed by atoms with Gasteiger partial charge in [-0.15, -0.1) is 0 Å². The van der Waals surface area contributed by atoms with Crippen LogP contribution in [0.25, 0.3) is 0 Å². The molecule has 0 fully saturated rings. The van der Waals surface area contributed by atoms with Crippen molar-refractivity contribution in [1.29, 1.82) is 0 Å². The molecule has 126 valence electrons. The van der Waals surface area contributed by atoms with Crippen molar-refractivity contribution in [2.75, 3.05) is 12.4 Å². The van der Waals surface area contributed by atoms with Gasteiger partial charge in [-0.1, -0.05) is 0 Å². The van der Waals surface area contributed by atoms with Gasteiger partial charge in [-0.3, -0.25) is 19.6 Å². The number of hydrogen-bond donors (Lipinski definition) is 1. The summed E-state index contributed by atoms with van der Waals surface area (Å²) < 4.78 is 6.02. The van der Waals surface area contributed by atoms with Gasteiger partial charge in [0.15, 0.2) is 0 Å². The molecule has 0 saturated heterocycles. The molecule has 1 amide bonds. The summed E-state index contributed by atoms with van der Waals surface area (Å²) in [7, 11) is 1.30. The van der Waals surface area contributed by atoms with Crippen molar-refractivity contribution >= 4 is 23.3 Å². The Kier molecular flexibility index (Phi) is 5.61. The molecule has 2 rings (SSSR count). The molecule has 0 bridgehead atoms. The second-order valence-corrected chi connectivity index (χ2v) is 4.94. The summed E-state index contributed by atoms with van der Waals surface area (Å²) in [5.74, 6) is -0.635. The number of methoxy groups -OCH3 is 1. The van der Waals surface area contributed by atoms with Crippen molar-refractivity contribution in [3.8, 4) is 0 Å². The zero-order valence-corrected chi connectivity index (χ0v) is 13.0. The highest BCUT2D eigenvalue weighted by Crippen LogP contribution is 2.12. The summed E-state index contributed by atoms with van der Waals surface area (Å²) in [6.07, 6.45) is 3.23. The number of rotatable bonds is 7. The molecule has 0 unspecified atom stereocenters. The van der Waals surface area contributed by atoms with E-state index in [0.29, 0.717) is 24.2 Å². The van der Waals surface area contributed by atoms with Gasteiger partial charge in [0.25, 0.3) is 0 Å². The third-order valence-corrected chi connectivity index (χ3v) is 3.21. The first-order valence-corrected chi connectivity index (χ1v) is 7.14. The van der Waals surface area contributed by atoms with E-state index in [-0.39, 0.29) is 18.0 Å². The number of nitrogens with zero attached hydrogens (tertiary/aromatic N) is 3. The fourth-order valence-corrected chi connectivity index (χ4v) is 2.00. The van der Waals surface area contributed by atoms with Gasteiger partial charge in [0.05, 0.1) is 17.6 Å². The van der Waals surface area contributed by atoms with Crippen molar-refractivity contribution < 1.29 is 19.2 Å². The molecule has 0 radical (unpaired) electrons. The van der Waals surface area contributed by atoms with Crippen molar-refractivity contribution in [1.82, 2.24) is 9.78 Å². The normalized spacial score (nSPS) is 10.2. The Morgan fingerprint density at radius 3 is 2.62 bits per heavy atom. The maximum absolute atomic E-state index is 11.9. The van der Waals surface area contributed by atoms with Crippen molar-refractivity contribution in [3.63, 3.8) is 0 Å². The first-order valence-electron chi connectivity index (χ1n) is 7.14. The van der Waals surface area contributed by atoms with E-state index in [9.17, 15) is 19.7 Å². The molecular formula is C15H16N4O5. The lowest BCUT2D eigenvalue weighted by Gasteiger charge is -2.06. The van der Waals surface area contributed by atoms with E-state index < -0.39 is 10.9 Å². The summed E-state index contributed by atoms with van der Waals surface area (Å²) in [6, 6.07) is 6.34. The molecule has 9 nitrogen and oxygen atoms in total. The number of esters is 1. The van der Waals surface area contributed by atoms with Gasteiger partial charge in [0.2, 0.25) is 5.91 Å². The number of nitrogens with one attached hydrogen (secondary N) is 1. The highest BCUT2D eigenvalue weighted by molar-refractivity contribution is 5.92. The van der Waals surface area contributed by atoms with Crippen LogP contribution in [0.15, 0.2) is 36.7 Å². The van der Waals surface area contributed by atoms with E-state index in [1.807, 2.05) is 0 Å². The Hall–Kier alpha value is -3.23. The van der Waals surface area contributed by atoms with Crippen LogP contribution in [0.5, 0.6) is 0 Å². The standard InChI is InChI=1S/C15H16N4O5/c1-24-15(21)11-4-6-12(7-5-11)17-14(20)3-2-8-18-10-13(9-16-18)19(22)23/h4-7,9-10H,2-3,8H2,1H3,(H,17,20). The van der Waals surface area contributed by atoms with E-state index >= 15 is 0 Å². The molecule has 24 heavy (non-hydrogen) atoms. The average Bonchev–Trinajstić information content (AvgIpc) is 3.04. The van der Waals surface area contributed by atoms with Crippen molar-refractivity contribution in [3.05, 3.63) is 52.3 Å². The summed E-state index contributed by atoms with van der Waals surface area (Å²) in [4.78, 5) is 33.2. The molecule has 1 aromatic heterocycles. The second-order valence-electron chi connectivity index (χ2n) is 4.94. The largest absolute Gasteiger partial charge is 0.465 e. The molecule has 0 saturated carbocycles. The topological polar surface area (TPSA) is 116 Å². The van der Waals surface area contributed by atoms with Crippen LogP contribution < -0.4 is 5.32 Å². The number of ether oxygens (including phenoxy) is 1. The number of carbonyl (C=O) groups excluding carboxylic acids is 2. The van der Waals surface area contributed by atoms with E-state index in [0.717, 1.165) is 0 Å². The number of hydrogen-bond acceptors (Lipinski definition) is 6. The highest BCUT2D eigenvalue weighted by atomic mass is 16.6. The molecule has 1 N–H and O–H groups in total. The Balaban J connectivity index is 1.78. The minimum atomic E-state index is -0.520. The molecule has 0 spiro atoms. The number of aromatic nitrogens is 2. The number of carbonyl (C=O) groups is 2. The molecule has 0 aliphatic heterocycles. The highest BCUT2D eigenvalue weighted by Gasteiger charge is 2.09. The van der Waals surface area contributed by atoms with Crippen molar-refractivity contribution in [2.24, 2.45) is 0 Å². The number of amides is 1. The number of nitro groups is 1. The minimum Gasteiger partial charge on any atom is -0.465 e. The van der Waals surface area contributed by atoms with Gasteiger partial charge < -0.3 is 10.1 Å². The fourth-order valence-electron chi connectivity index (χ4n) is 2.00. The van der Waals surface area contributed by atoms with E-state index in [1.54, 1.807) is 24.3 Å². The van der Waals surface area contributed by atoms with Crippen LogP contribution in [-0.2, 0) is 16.1 Å². The molecule has 1 heterocycles. The Morgan fingerprint density at radius 1 is 1.33 bits per heavy atom. The summed E-state index contributed by atoms with van der Waals surface area (Å²) in [5.41, 5.74) is 0.892. The summed E-state index contributed by atoms with van der Waals surface area (Å²) in [5, 5.41) is 17.1. The van der Waals surface area contributed by atoms with Crippen LogP contribution in [0, 0.1) is 10.1 Å². The van der Waals surface area contributed by atoms with Crippen LogP contribution >= 0.6 is 0 Å². The first kappa shape index (κ1) is 17.1. The quantitative estimate of drug-likeness (QED) is 0.471. The minimum absolute atomic E-state index is 0.0786. The molecule has 0 aliphatic carbocycles. The maximum atomic E-state index is 11.9. The Labute approximate surface area is 137 Å². The molecule has 1 aromatic carbocycles. The zero-order valence-electron chi connectivity index (χ0n) is 13.0. The monoisotopic (exact) mass is 332 g/mol. The van der Waals surface area contributed by atoms with Crippen LogP contribution in [0.4, 0.5) is 11.4 Å². The molecular weight excluding hydrogens is 316 g/mol. The summed E-state index contributed by atoms with van der Waals surface area (Å²) in [6.45, 7) is 0.405. The third kappa shape index (κ3) is 4.63. The summed E-state index contributed by atoms with van der Waals surface area (Å²) >= 11 is 0. The van der Waals surface area contributed by atoms with Gasteiger partial charge in [-0.25, -0.2) is 4.79 Å². The molecule has 0 atom stereocenters. The van der Waals surface area contributed by atoms with Gasteiger partial charge in [0.1, 0.15) is 12.4 Å². The van der Waals surface area contributed by atoms with Crippen LogP contribution in [-0.4, -0.2) is 33.7 Å². The molecule has 2 aromatic rings. The number of benzene rings is 1. The Bertz CT molecular complexity index is 739. The average molecular weight is 332 g/mol. The van der Waals surface area contributed by atoms with Gasteiger partial charge in [-0.05, 0) is 30.7 Å². The van der Waals surface area contributed by atoms with E-state index in [2.05, 4.69) is 15.2 Å². The van der Waals surface area contributed by atoms with Crippen LogP contribution in [0.1, 0.15) is 23.2 Å². The molecule has 0 aliphatic rings. The fraction of sp³-hybridized carbons (Fsp3) is 0.267. The first-order chi connectivity index (χ1) is 11.5. The third-order valence-electron chi connectivity index (χ3n) is 3.21. The zero-order chi connectivity index (χ0) is 17.5. The van der Waals surface area contributed by atoms with Gasteiger partial charge in [0, 0.05) is 18.7 Å².